The van der Waals surface area contributed by atoms with Crippen molar-refractivity contribution in [1.29, 1.82) is 0 Å². The lowest BCUT2D eigenvalue weighted by atomic mass is 9.62. The average molecular weight is 701 g/mol. The molecule has 3 aliphatic heterocycles. The van der Waals surface area contributed by atoms with Crippen molar-refractivity contribution >= 4 is 29.8 Å². The molecule has 2 aromatic carbocycles. The average Bonchev–Trinajstić information content (AvgIpc) is 4.08. The fourth-order valence-corrected chi connectivity index (χ4v) is 8.40. The number of esters is 1. The fourth-order valence-electron chi connectivity index (χ4n) is 8.40. The lowest BCUT2D eigenvalue weighted by molar-refractivity contribution is -0.235. The molecule has 13 nitrogen and oxygen atoms in total. The van der Waals surface area contributed by atoms with Gasteiger partial charge in [0.1, 0.15) is 29.8 Å². The number of nitrogens with zero attached hydrogens (tertiary/aromatic N) is 2. The minimum Gasteiger partial charge on any atom is -0.458 e. The van der Waals surface area contributed by atoms with E-state index in [0.29, 0.717) is 11.1 Å². The molecule has 6 fully saturated rings. The standard InChI is InChI=1S/C38H44N4O9/c1-41(2)29(44)14-9-22-5-3-7-24(17-22)21-42-32-35(46)48-28-19-37(32,36(47)40-20-23-6-4-8-25(18-23)34(45)39-15-16-43)33(51-42)31-30(28)49-38(50-31,26-10-11-26)27-12-13-27/h3-9,14,17-18,26-28,30-33,43H,10-13,15-16,19-21H2,1-2H3,(H,39,45)(H,40,47)/t28-,30-,31-,32-,33+,37-/m0/s1. The number of hydroxylamine groups is 2. The molecule has 3 heterocycles. The smallest absolute Gasteiger partial charge is 0.327 e. The van der Waals surface area contributed by atoms with Crippen molar-refractivity contribution in [3.8, 4) is 0 Å². The van der Waals surface area contributed by atoms with E-state index in [4.69, 9.17) is 24.2 Å². The Morgan fingerprint density at radius 3 is 2.43 bits per heavy atom. The maximum Gasteiger partial charge on any atom is 0.327 e. The summed E-state index contributed by atoms with van der Waals surface area (Å²) in [5.41, 5.74) is 1.39. The van der Waals surface area contributed by atoms with Crippen LogP contribution in [0.5, 0.6) is 0 Å². The van der Waals surface area contributed by atoms with Gasteiger partial charge >= 0.3 is 5.97 Å². The number of likely N-dealkylation sites (N-methyl/N-ethyl adjacent to an activating group) is 1. The first kappa shape index (κ1) is 34.0. The maximum atomic E-state index is 14.7. The van der Waals surface area contributed by atoms with Gasteiger partial charge in [0.25, 0.3) is 5.91 Å². The molecule has 2 aromatic rings. The summed E-state index contributed by atoms with van der Waals surface area (Å²) in [6.07, 6.45) is 4.81. The molecule has 13 heteroatoms. The van der Waals surface area contributed by atoms with E-state index in [-0.39, 0.29) is 62.2 Å². The molecule has 0 radical (unpaired) electrons. The van der Waals surface area contributed by atoms with Crippen LogP contribution in [0, 0.1) is 17.3 Å². The Hall–Kier alpha value is -4.14. The van der Waals surface area contributed by atoms with E-state index in [2.05, 4.69) is 10.6 Å². The SMILES string of the molecule is CN(C)C(=O)C=Cc1cccc(CN2O[C@@H]3[C@H]4OC(C5CC5)(C5CC5)O[C@H]4[C@@H]4C[C@]3(C(=O)NCc3cccc(C(=O)NCCO)c3)[C@@H]2C(=O)O4)c1. The van der Waals surface area contributed by atoms with Crippen LogP contribution in [-0.2, 0) is 46.5 Å². The quantitative estimate of drug-likeness (QED) is 0.221. The van der Waals surface area contributed by atoms with Gasteiger partial charge < -0.3 is 34.9 Å². The Balaban J connectivity index is 1.10. The van der Waals surface area contributed by atoms with Gasteiger partial charge in [0.2, 0.25) is 11.8 Å². The molecule has 3 saturated carbocycles. The molecule has 6 atom stereocenters. The molecule has 51 heavy (non-hydrogen) atoms. The number of aliphatic hydroxyl groups is 1. The number of hydrogen-bond acceptors (Lipinski definition) is 10. The van der Waals surface area contributed by atoms with Crippen LogP contribution in [0.25, 0.3) is 6.08 Å². The molecule has 2 bridgehead atoms. The normalized spacial score (nSPS) is 30.5. The Morgan fingerprint density at radius 2 is 1.71 bits per heavy atom. The summed E-state index contributed by atoms with van der Waals surface area (Å²) < 4.78 is 19.9. The lowest BCUT2D eigenvalue weighted by Gasteiger charge is -2.48. The van der Waals surface area contributed by atoms with Gasteiger partial charge in [-0.25, -0.2) is 0 Å². The van der Waals surface area contributed by atoms with Gasteiger partial charge in [-0.1, -0.05) is 36.4 Å². The maximum absolute atomic E-state index is 14.7. The molecule has 270 valence electrons. The van der Waals surface area contributed by atoms with E-state index in [1.165, 1.54) is 11.0 Å². The molecule has 6 aliphatic rings. The van der Waals surface area contributed by atoms with Crippen molar-refractivity contribution in [1.82, 2.24) is 20.6 Å². The third kappa shape index (κ3) is 6.04. The minimum absolute atomic E-state index is 0.112. The summed E-state index contributed by atoms with van der Waals surface area (Å²) in [7, 11) is 3.37. The largest absolute Gasteiger partial charge is 0.458 e. The van der Waals surface area contributed by atoms with Gasteiger partial charge in [-0.15, -0.1) is 0 Å². The van der Waals surface area contributed by atoms with Gasteiger partial charge in [0.15, 0.2) is 11.8 Å². The highest BCUT2D eigenvalue weighted by atomic mass is 16.8. The van der Waals surface area contributed by atoms with Crippen molar-refractivity contribution in [3.05, 3.63) is 76.9 Å². The number of benzene rings is 2. The number of hydrogen-bond donors (Lipinski definition) is 3. The van der Waals surface area contributed by atoms with Crippen LogP contribution >= 0.6 is 0 Å². The molecule has 0 aromatic heterocycles. The highest BCUT2D eigenvalue weighted by Crippen LogP contribution is 2.63. The third-order valence-electron chi connectivity index (χ3n) is 11.1. The second kappa shape index (κ2) is 13.1. The number of carbonyl (C=O) groups is 4. The molecule has 0 unspecified atom stereocenters. The second-order valence-corrected chi connectivity index (χ2v) is 14.8. The van der Waals surface area contributed by atoms with E-state index in [0.717, 1.165) is 36.8 Å². The first-order chi connectivity index (χ1) is 24.6. The molecule has 3 saturated heterocycles. The summed E-state index contributed by atoms with van der Waals surface area (Å²) in [6, 6.07) is 13.4. The van der Waals surface area contributed by atoms with Crippen LogP contribution in [0.1, 0.15) is 59.2 Å². The van der Waals surface area contributed by atoms with Gasteiger partial charge in [-0.3, -0.25) is 24.0 Å². The molecule has 3 amide bonds. The van der Waals surface area contributed by atoms with Crippen LogP contribution in [0.2, 0.25) is 0 Å². The van der Waals surface area contributed by atoms with Crippen LogP contribution in [-0.4, -0.2) is 102 Å². The monoisotopic (exact) mass is 700 g/mol. The molecule has 0 spiro atoms. The van der Waals surface area contributed by atoms with E-state index < -0.39 is 47.6 Å². The molecule has 3 aliphatic carbocycles. The van der Waals surface area contributed by atoms with Gasteiger partial charge in [0.05, 0.1) is 13.2 Å². The molecule has 3 N–H and O–H groups in total. The summed E-state index contributed by atoms with van der Waals surface area (Å²) in [5, 5.41) is 16.4. The van der Waals surface area contributed by atoms with E-state index in [9.17, 15) is 19.2 Å². The van der Waals surface area contributed by atoms with Gasteiger partial charge in [-0.05, 0) is 60.6 Å². The van der Waals surface area contributed by atoms with Crippen molar-refractivity contribution in [2.75, 3.05) is 27.2 Å². The molecule has 8 rings (SSSR count). The lowest BCUT2D eigenvalue weighted by Crippen LogP contribution is -2.69. The zero-order valence-corrected chi connectivity index (χ0v) is 28.8. The predicted molar refractivity (Wildman–Crippen MR) is 181 cm³/mol. The zero-order chi connectivity index (χ0) is 35.5. The predicted octanol–water partition coefficient (Wildman–Crippen LogP) is 1.93. The number of fused-ring (bicyclic) bond motifs is 4. The number of amides is 3. The third-order valence-corrected chi connectivity index (χ3v) is 11.1. The fraction of sp³-hybridized carbons (Fsp3) is 0.526. The van der Waals surface area contributed by atoms with Gasteiger partial charge in [0, 0.05) is 57.1 Å². The molecular formula is C38H44N4O9. The Morgan fingerprint density at radius 1 is 0.980 bits per heavy atom. The van der Waals surface area contributed by atoms with Gasteiger partial charge in [-0.2, -0.15) is 5.06 Å². The summed E-state index contributed by atoms with van der Waals surface area (Å²) >= 11 is 0. The van der Waals surface area contributed by atoms with Crippen LogP contribution in [0.4, 0.5) is 0 Å². The number of carbonyl (C=O) groups excluding carboxylic acids is 4. The Kier molecular flexibility index (Phi) is 8.74. The number of aliphatic hydroxyl groups excluding tert-OH is 1. The summed E-state index contributed by atoms with van der Waals surface area (Å²) in [6.45, 7) is 0.250. The summed E-state index contributed by atoms with van der Waals surface area (Å²) in [4.78, 5) is 61.7. The van der Waals surface area contributed by atoms with Crippen LogP contribution in [0.15, 0.2) is 54.6 Å². The Bertz CT molecular complexity index is 1740. The summed E-state index contributed by atoms with van der Waals surface area (Å²) in [5.74, 6) is -1.60. The van der Waals surface area contributed by atoms with Crippen molar-refractivity contribution in [3.63, 3.8) is 0 Å². The zero-order valence-electron chi connectivity index (χ0n) is 28.8. The Labute approximate surface area is 296 Å². The van der Waals surface area contributed by atoms with E-state index in [1.807, 2.05) is 30.3 Å². The van der Waals surface area contributed by atoms with Crippen molar-refractivity contribution < 1.29 is 43.3 Å². The second-order valence-electron chi connectivity index (χ2n) is 14.8. The number of ether oxygens (including phenoxy) is 3. The first-order valence-corrected chi connectivity index (χ1v) is 17.9. The highest BCUT2D eigenvalue weighted by Gasteiger charge is 2.78. The topological polar surface area (TPSA) is 156 Å². The highest BCUT2D eigenvalue weighted by molar-refractivity contribution is 5.95. The van der Waals surface area contributed by atoms with E-state index in [1.54, 1.807) is 43.4 Å². The minimum atomic E-state index is -1.33. The number of rotatable bonds is 12. The van der Waals surface area contributed by atoms with Crippen LogP contribution < -0.4 is 10.6 Å². The van der Waals surface area contributed by atoms with E-state index >= 15 is 0 Å². The molecular weight excluding hydrogens is 656 g/mol. The first-order valence-electron chi connectivity index (χ1n) is 17.9. The van der Waals surface area contributed by atoms with Crippen molar-refractivity contribution in [2.24, 2.45) is 17.3 Å². The van der Waals surface area contributed by atoms with Crippen LogP contribution in [0.3, 0.4) is 0 Å². The number of nitrogens with one attached hydrogen (secondary N) is 2. The van der Waals surface area contributed by atoms with Crippen molar-refractivity contribution in [2.45, 2.75) is 81.4 Å².